The molecule has 1 aromatic carbocycles. The van der Waals surface area contributed by atoms with Gasteiger partial charge < -0.3 is 0 Å². The highest BCUT2D eigenvalue weighted by Crippen LogP contribution is 2.65. The fraction of sp³-hybridized carbons (Fsp3) is 0.389. The third-order valence-corrected chi connectivity index (χ3v) is 6.36. The molecule has 0 N–H and O–H groups in total. The summed E-state index contributed by atoms with van der Waals surface area (Å²) in [5, 5.41) is 5.33. The largest absolute Gasteiger partial charge is 0.272 e. The van der Waals surface area contributed by atoms with E-state index in [1.807, 2.05) is 24.3 Å². The number of carbonyl (C=O) groups is 2. The van der Waals surface area contributed by atoms with Crippen LogP contribution in [0.5, 0.6) is 0 Å². The van der Waals surface area contributed by atoms with Crippen LogP contribution in [0.2, 0.25) is 0 Å². The molecule has 1 saturated heterocycles. The smallest absolute Gasteiger partial charge is 0.254 e. The molecule has 116 valence electrons. The van der Waals surface area contributed by atoms with Crippen LogP contribution in [0.1, 0.15) is 12.0 Å². The van der Waals surface area contributed by atoms with Crippen LogP contribution in [0.4, 0.5) is 0 Å². The Bertz CT molecular complexity index is 734. The molecular weight excluding hydrogens is 356 g/mol. The van der Waals surface area contributed by atoms with Crippen LogP contribution < -0.4 is 0 Å². The van der Waals surface area contributed by atoms with Crippen molar-refractivity contribution in [2.75, 3.05) is 0 Å². The SMILES string of the molecule is O=C1[C@H]2[C@@H]3C=C[C@H]([C@H]4C[C@H]34)[C@@H]2C(=O)N1/N=C/c1ccc(Br)cc1. The number of amides is 2. The van der Waals surface area contributed by atoms with Gasteiger partial charge in [0.2, 0.25) is 0 Å². The Morgan fingerprint density at radius 1 is 1.00 bits per heavy atom. The normalized spacial score (nSPS) is 40.0. The summed E-state index contributed by atoms with van der Waals surface area (Å²) in [5.74, 6) is 1.17. The van der Waals surface area contributed by atoms with Crippen LogP contribution in [0.25, 0.3) is 0 Å². The lowest BCUT2D eigenvalue weighted by Crippen LogP contribution is -2.40. The van der Waals surface area contributed by atoms with E-state index in [4.69, 9.17) is 0 Å². The van der Waals surface area contributed by atoms with Crippen molar-refractivity contribution >= 4 is 34.0 Å². The molecule has 5 heteroatoms. The number of halogens is 1. The van der Waals surface area contributed by atoms with Crippen molar-refractivity contribution in [3.05, 3.63) is 46.5 Å². The summed E-state index contributed by atoms with van der Waals surface area (Å²) in [6.45, 7) is 0. The van der Waals surface area contributed by atoms with Crippen LogP contribution in [0.15, 0.2) is 46.0 Å². The van der Waals surface area contributed by atoms with Crippen molar-refractivity contribution in [3.63, 3.8) is 0 Å². The van der Waals surface area contributed by atoms with Crippen molar-refractivity contribution in [2.24, 2.45) is 40.6 Å². The van der Waals surface area contributed by atoms with Crippen molar-refractivity contribution in [1.82, 2.24) is 5.01 Å². The molecule has 6 atom stereocenters. The number of imide groups is 1. The first-order valence-corrected chi connectivity index (χ1v) is 8.80. The number of allylic oxidation sites excluding steroid dienone is 2. The Labute approximate surface area is 142 Å². The Morgan fingerprint density at radius 3 is 2.13 bits per heavy atom. The quantitative estimate of drug-likeness (QED) is 0.456. The monoisotopic (exact) mass is 370 g/mol. The maximum absolute atomic E-state index is 12.7. The first kappa shape index (κ1) is 13.7. The van der Waals surface area contributed by atoms with Gasteiger partial charge in [-0.15, -0.1) is 0 Å². The van der Waals surface area contributed by atoms with Crippen molar-refractivity contribution in [3.8, 4) is 0 Å². The Morgan fingerprint density at radius 2 is 1.57 bits per heavy atom. The predicted octanol–water partition coefficient (Wildman–Crippen LogP) is 2.84. The van der Waals surface area contributed by atoms with Gasteiger partial charge in [0.1, 0.15) is 0 Å². The molecule has 0 unspecified atom stereocenters. The maximum atomic E-state index is 12.7. The summed E-state index contributed by atoms with van der Waals surface area (Å²) in [6.07, 6.45) is 7.12. The first-order valence-electron chi connectivity index (χ1n) is 8.01. The molecule has 2 bridgehead atoms. The lowest BCUT2D eigenvalue weighted by molar-refractivity contribution is -0.140. The lowest BCUT2D eigenvalue weighted by atomic mass is 9.63. The maximum Gasteiger partial charge on any atom is 0.254 e. The van der Waals surface area contributed by atoms with Crippen LogP contribution >= 0.6 is 15.9 Å². The third kappa shape index (κ3) is 1.86. The van der Waals surface area contributed by atoms with Gasteiger partial charge >= 0.3 is 0 Å². The molecule has 2 amide bonds. The minimum atomic E-state index is -0.177. The van der Waals surface area contributed by atoms with Gasteiger partial charge in [0.15, 0.2) is 0 Å². The average Bonchev–Trinajstić information content (AvgIpc) is 3.33. The van der Waals surface area contributed by atoms with Crippen LogP contribution in [0.3, 0.4) is 0 Å². The number of rotatable bonds is 2. The van der Waals surface area contributed by atoms with Gasteiger partial charge in [-0.25, -0.2) is 0 Å². The molecule has 4 aliphatic carbocycles. The molecule has 1 heterocycles. The van der Waals surface area contributed by atoms with Crippen molar-refractivity contribution < 1.29 is 9.59 Å². The van der Waals surface area contributed by atoms with Crippen molar-refractivity contribution in [1.29, 1.82) is 0 Å². The van der Waals surface area contributed by atoms with Crippen LogP contribution in [0, 0.1) is 35.5 Å². The zero-order valence-corrected chi connectivity index (χ0v) is 13.9. The van der Waals surface area contributed by atoms with Gasteiger partial charge in [0.05, 0.1) is 18.1 Å². The van der Waals surface area contributed by atoms with Gasteiger partial charge in [-0.2, -0.15) is 10.1 Å². The van der Waals surface area contributed by atoms with Gasteiger partial charge in [-0.1, -0.05) is 40.2 Å². The molecule has 0 spiro atoms. The fourth-order valence-electron chi connectivity index (χ4n) is 4.73. The number of nitrogens with zero attached hydrogens (tertiary/aromatic N) is 2. The second kappa shape index (κ2) is 4.63. The van der Waals surface area contributed by atoms with Crippen LogP contribution in [-0.2, 0) is 9.59 Å². The number of hydrazone groups is 1. The highest BCUT2D eigenvalue weighted by Gasteiger charge is 2.67. The second-order valence-corrected chi connectivity index (χ2v) is 7.85. The van der Waals surface area contributed by atoms with E-state index in [1.165, 1.54) is 6.42 Å². The third-order valence-electron chi connectivity index (χ3n) is 5.83. The highest BCUT2D eigenvalue weighted by molar-refractivity contribution is 9.10. The van der Waals surface area contributed by atoms with Gasteiger partial charge in [-0.05, 0) is 47.8 Å². The Balaban J connectivity index is 1.44. The van der Waals surface area contributed by atoms with E-state index in [-0.39, 0.29) is 35.5 Å². The zero-order chi connectivity index (χ0) is 15.7. The summed E-state index contributed by atoms with van der Waals surface area (Å²) in [5.41, 5.74) is 0.868. The summed E-state index contributed by atoms with van der Waals surface area (Å²) in [4.78, 5) is 25.5. The molecule has 0 radical (unpaired) electrons. The lowest BCUT2D eigenvalue weighted by Gasteiger charge is -2.37. The van der Waals surface area contributed by atoms with E-state index >= 15 is 0 Å². The van der Waals surface area contributed by atoms with E-state index < -0.39 is 0 Å². The molecule has 2 saturated carbocycles. The molecule has 0 aromatic heterocycles. The van der Waals surface area contributed by atoms with E-state index in [9.17, 15) is 9.59 Å². The van der Waals surface area contributed by atoms with Crippen molar-refractivity contribution in [2.45, 2.75) is 6.42 Å². The number of carbonyl (C=O) groups excluding carboxylic acids is 2. The van der Waals surface area contributed by atoms with E-state index in [1.54, 1.807) is 6.21 Å². The second-order valence-electron chi connectivity index (χ2n) is 6.94. The highest BCUT2D eigenvalue weighted by atomic mass is 79.9. The minimum Gasteiger partial charge on any atom is -0.272 e. The van der Waals surface area contributed by atoms with Gasteiger partial charge in [-0.3, -0.25) is 9.59 Å². The van der Waals surface area contributed by atoms with E-state index in [0.29, 0.717) is 11.8 Å². The number of hydrogen-bond donors (Lipinski definition) is 0. The summed E-state index contributed by atoms with van der Waals surface area (Å²) in [7, 11) is 0. The number of benzene rings is 1. The van der Waals surface area contributed by atoms with E-state index in [0.717, 1.165) is 15.0 Å². The van der Waals surface area contributed by atoms with Gasteiger partial charge in [0, 0.05) is 4.47 Å². The molecule has 3 fully saturated rings. The molecule has 5 aliphatic rings. The summed E-state index contributed by atoms with van der Waals surface area (Å²) >= 11 is 3.38. The Hall–Kier alpha value is -1.75. The topological polar surface area (TPSA) is 49.7 Å². The minimum absolute atomic E-state index is 0.113. The molecule has 23 heavy (non-hydrogen) atoms. The zero-order valence-electron chi connectivity index (χ0n) is 12.3. The molecule has 6 rings (SSSR count). The molecule has 1 aromatic rings. The molecule has 4 nitrogen and oxygen atoms in total. The fourth-order valence-corrected chi connectivity index (χ4v) is 4.99. The number of hydrogen-bond acceptors (Lipinski definition) is 3. The average molecular weight is 371 g/mol. The first-order chi connectivity index (χ1) is 11.1. The molecule has 1 aliphatic heterocycles. The Kier molecular flexibility index (Phi) is 2.75. The molecular formula is C18H15BrN2O2. The summed E-state index contributed by atoms with van der Waals surface area (Å²) in [6, 6.07) is 7.61. The summed E-state index contributed by atoms with van der Waals surface area (Å²) < 4.78 is 0.982. The standard InChI is InChI=1S/C18H15BrN2O2/c19-10-3-1-9(2-4-10)8-20-21-17(22)15-11-5-6-12(14-7-13(11)14)16(15)18(21)23/h1-6,8,11-16H,7H2/b20-8+/t11-,12-,13-,14-,15+,16+/m1/s1. The van der Waals surface area contributed by atoms with Crippen LogP contribution in [-0.4, -0.2) is 23.0 Å². The van der Waals surface area contributed by atoms with Gasteiger partial charge in [0.25, 0.3) is 11.8 Å². The predicted molar refractivity (Wildman–Crippen MR) is 88.3 cm³/mol. The van der Waals surface area contributed by atoms with E-state index in [2.05, 4.69) is 33.2 Å².